The highest BCUT2D eigenvalue weighted by atomic mass is 16.5. The summed E-state index contributed by atoms with van der Waals surface area (Å²) in [5.41, 5.74) is 0.121. The second-order valence-corrected chi connectivity index (χ2v) is 6.23. The zero-order valence-corrected chi connectivity index (χ0v) is 13.5. The Kier molecular flexibility index (Phi) is 8.72. The first-order chi connectivity index (χ1) is 9.29. The summed E-state index contributed by atoms with van der Waals surface area (Å²) in [6.07, 6.45) is 16.1. The van der Waals surface area contributed by atoms with Crippen molar-refractivity contribution in [2.45, 2.75) is 95.6 Å². The number of likely N-dealkylation sites (N-methyl/N-ethyl adjacent to an activating group) is 1. The van der Waals surface area contributed by atoms with Gasteiger partial charge in [-0.05, 0) is 26.3 Å². The average Bonchev–Trinajstić information content (AvgIpc) is 2.47. The zero-order chi connectivity index (χ0) is 14.0. The fraction of sp³-hybridized carbons (Fsp3) is 1.00. The maximum Gasteiger partial charge on any atom is 0.0830 e. The first kappa shape index (κ1) is 17.0. The van der Waals surface area contributed by atoms with Crippen molar-refractivity contribution in [2.75, 3.05) is 14.2 Å². The molecule has 19 heavy (non-hydrogen) atoms. The van der Waals surface area contributed by atoms with Crippen LogP contribution >= 0.6 is 0 Å². The van der Waals surface area contributed by atoms with Crippen molar-refractivity contribution in [3.8, 4) is 0 Å². The molecule has 0 saturated heterocycles. The summed E-state index contributed by atoms with van der Waals surface area (Å²) in [5, 5.41) is 3.54. The van der Waals surface area contributed by atoms with E-state index in [-0.39, 0.29) is 5.60 Å². The van der Waals surface area contributed by atoms with Crippen LogP contribution in [0, 0.1) is 0 Å². The minimum absolute atomic E-state index is 0.121. The van der Waals surface area contributed by atoms with Gasteiger partial charge in [0, 0.05) is 13.2 Å². The number of hydrogen-bond acceptors (Lipinski definition) is 2. The summed E-state index contributed by atoms with van der Waals surface area (Å²) in [6, 6.07) is 0.545. The highest BCUT2D eigenvalue weighted by Crippen LogP contribution is 2.35. The molecular formula is C17H35NO. The lowest BCUT2D eigenvalue weighted by Gasteiger charge is -2.42. The Morgan fingerprint density at radius 2 is 1.63 bits per heavy atom. The van der Waals surface area contributed by atoms with Crippen LogP contribution in [0.15, 0.2) is 0 Å². The summed E-state index contributed by atoms with van der Waals surface area (Å²) < 4.78 is 5.96. The van der Waals surface area contributed by atoms with E-state index in [1.165, 1.54) is 77.0 Å². The largest absolute Gasteiger partial charge is 0.377 e. The minimum Gasteiger partial charge on any atom is -0.377 e. The fourth-order valence-corrected chi connectivity index (χ4v) is 3.64. The Balaban J connectivity index is 2.30. The van der Waals surface area contributed by atoms with E-state index in [1.807, 2.05) is 7.11 Å². The molecule has 1 fully saturated rings. The molecule has 1 N–H and O–H groups in total. The number of nitrogens with one attached hydrogen (secondary N) is 1. The molecule has 1 unspecified atom stereocenters. The predicted molar refractivity (Wildman–Crippen MR) is 83.7 cm³/mol. The van der Waals surface area contributed by atoms with Crippen LogP contribution < -0.4 is 5.32 Å². The number of ether oxygens (including phenoxy) is 1. The molecule has 0 amide bonds. The normalized spacial score (nSPS) is 20.4. The zero-order valence-electron chi connectivity index (χ0n) is 13.5. The molecule has 0 bridgehead atoms. The molecule has 1 aliphatic carbocycles. The first-order valence-corrected chi connectivity index (χ1v) is 8.51. The number of rotatable bonds is 10. The molecule has 0 aliphatic heterocycles. The molecule has 1 rings (SSSR count). The van der Waals surface area contributed by atoms with Gasteiger partial charge in [0.05, 0.1) is 5.60 Å². The van der Waals surface area contributed by atoms with Crippen molar-refractivity contribution < 1.29 is 4.74 Å². The third kappa shape index (κ3) is 5.43. The highest BCUT2D eigenvalue weighted by molar-refractivity contribution is 4.94. The van der Waals surface area contributed by atoms with Crippen LogP contribution in [0.5, 0.6) is 0 Å². The summed E-state index contributed by atoms with van der Waals surface area (Å²) in [5.74, 6) is 0. The van der Waals surface area contributed by atoms with E-state index in [1.54, 1.807) is 0 Å². The van der Waals surface area contributed by atoms with E-state index in [9.17, 15) is 0 Å². The lowest BCUT2D eigenvalue weighted by Crippen LogP contribution is -2.52. The van der Waals surface area contributed by atoms with E-state index in [2.05, 4.69) is 19.3 Å². The summed E-state index contributed by atoms with van der Waals surface area (Å²) in [6.45, 7) is 2.28. The second kappa shape index (κ2) is 9.77. The van der Waals surface area contributed by atoms with Gasteiger partial charge < -0.3 is 10.1 Å². The van der Waals surface area contributed by atoms with E-state index in [0.717, 1.165) is 0 Å². The lowest BCUT2D eigenvalue weighted by molar-refractivity contribution is -0.0681. The van der Waals surface area contributed by atoms with Crippen molar-refractivity contribution in [3.63, 3.8) is 0 Å². The predicted octanol–water partition coefficient (Wildman–Crippen LogP) is 4.67. The van der Waals surface area contributed by atoms with Crippen molar-refractivity contribution in [2.24, 2.45) is 0 Å². The Morgan fingerprint density at radius 3 is 2.21 bits per heavy atom. The van der Waals surface area contributed by atoms with Crippen LogP contribution in [0.1, 0.15) is 84.0 Å². The van der Waals surface area contributed by atoms with Gasteiger partial charge in [0.1, 0.15) is 0 Å². The van der Waals surface area contributed by atoms with Gasteiger partial charge in [-0.15, -0.1) is 0 Å². The van der Waals surface area contributed by atoms with E-state index in [0.29, 0.717) is 6.04 Å². The molecule has 0 heterocycles. The van der Waals surface area contributed by atoms with Gasteiger partial charge in [-0.25, -0.2) is 0 Å². The van der Waals surface area contributed by atoms with Crippen LogP contribution in [0.2, 0.25) is 0 Å². The Labute approximate surface area is 120 Å². The third-order valence-electron chi connectivity index (χ3n) is 4.94. The van der Waals surface area contributed by atoms with Gasteiger partial charge >= 0.3 is 0 Å². The van der Waals surface area contributed by atoms with Crippen LogP contribution in [0.25, 0.3) is 0 Å². The van der Waals surface area contributed by atoms with Gasteiger partial charge in [-0.1, -0.05) is 64.7 Å². The summed E-state index contributed by atoms with van der Waals surface area (Å²) >= 11 is 0. The summed E-state index contributed by atoms with van der Waals surface area (Å²) in [4.78, 5) is 0. The van der Waals surface area contributed by atoms with Gasteiger partial charge in [0.25, 0.3) is 0 Å². The van der Waals surface area contributed by atoms with Crippen LogP contribution in [0.4, 0.5) is 0 Å². The van der Waals surface area contributed by atoms with Gasteiger partial charge in [-0.3, -0.25) is 0 Å². The van der Waals surface area contributed by atoms with Crippen LogP contribution in [-0.2, 0) is 4.74 Å². The van der Waals surface area contributed by atoms with Crippen molar-refractivity contribution in [1.29, 1.82) is 0 Å². The van der Waals surface area contributed by atoms with E-state index in [4.69, 9.17) is 4.74 Å². The quantitative estimate of drug-likeness (QED) is 0.582. The first-order valence-electron chi connectivity index (χ1n) is 8.51. The molecular weight excluding hydrogens is 234 g/mol. The Bertz CT molecular complexity index is 211. The molecule has 1 atom stereocenters. The smallest absolute Gasteiger partial charge is 0.0830 e. The fourth-order valence-electron chi connectivity index (χ4n) is 3.64. The highest BCUT2D eigenvalue weighted by Gasteiger charge is 2.38. The Hall–Kier alpha value is -0.0800. The molecule has 0 aromatic rings. The molecule has 1 aliphatic rings. The monoisotopic (exact) mass is 269 g/mol. The van der Waals surface area contributed by atoms with Gasteiger partial charge in [0.15, 0.2) is 0 Å². The maximum absolute atomic E-state index is 5.96. The number of unbranched alkanes of at least 4 members (excludes halogenated alkanes) is 5. The number of hydrogen-bond donors (Lipinski definition) is 1. The average molecular weight is 269 g/mol. The molecule has 0 aromatic carbocycles. The van der Waals surface area contributed by atoms with E-state index < -0.39 is 0 Å². The van der Waals surface area contributed by atoms with Crippen LogP contribution in [-0.4, -0.2) is 25.8 Å². The van der Waals surface area contributed by atoms with Crippen molar-refractivity contribution >= 4 is 0 Å². The number of methoxy groups -OCH3 is 1. The second-order valence-electron chi connectivity index (χ2n) is 6.23. The molecule has 0 aromatic heterocycles. The van der Waals surface area contributed by atoms with Gasteiger partial charge in [0.2, 0.25) is 0 Å². The standard InChI is InChI=1S/C17H35NO/c1-4-5-6-7-8-10-13-16(18-2)17(19-3)14-11-9-12-15-17/h16,18H,4-15H2,1-3H3. The molecule has 2 heteroatoms. The van der Waals surface area contributed by atoms with Crippen molar-refractivity contribution in [3.05, 3.63) is 0 Å². The summed E-state index contributed by atoms with van der Waals surface area (Å²) in [7, 11) is 4.02. The molecule has 0 radical (unpaired) electrons. The van der Waals surface area contributed by atoms with E-state index >= 15 is 0 Å². The third-order valence-corrected chi connectivity index (χ3v) is 4.94. The molecule has 2 nitrogen and oxygen atoms in total. The topological polar surface area (TPSA) is 21.3 Å². The molecule has 1 saturated carbocycles. The van der Waals surface area contributed by atoms with Gasteiger partial charge in [-0.2, -0.15) is 0 Å². The van der Waals surface area contributed by atoms with Crippen molar-refractivity contribution in [1.82, 2.24) is 5.32 Å². The molecule has 114 valence electrons. The molecule has 0 spiro atoms. The van der Waals surface area contributed by atoms with Crippen LogP contribution in [0.3, 0.4) is 0 Å². The minimum atomic E-state index is 0.121. The Morgan fingerprint density at radius 1 is 1.00 bits per heavy atom. The SMILES string of the molecule is CCCCCCCCC(NC)C1(OC)CCCCC1. The maximum atomic E-state index is 5.96. The lowest BCUT2D eigenvalue weighted by atomic mass is 9.77.